The lowest BCUT2D eigenvalue weighted by Crippen LogP contribution is -2.38. The van der Waals surface area contributed by atoms with Crippen molar-refractivity contribution in [2.45, 2.75) is 63.8 Å². The van der Waals surface area contributed by atoms with Gasteiger partial charge >= 0.3 is 5.97 Å². The number of esters is 1. The van der Waals surface area contributed by atoms with Crippen LogP contribution in [-0.2, 0) is 19.1 Å². The van der Waals surface area contributed by atoms with Crippen LogP contribution in [0.4, 0.5) is 0 Å². The molecular formula is C17H28N2O4. The fourth-order valence-electron chi connectivity index (χ4n) is 3.52. The van der Waals surface area contributed by atoms with Gasteiger partial charge in [-0.3, -0.25) is 14.4 Å². The molecule has 0 aromatic carbocycles. The van der Waals surface area contributed by atoms with Crippen LogP contribution in [0.15, 0.2) is 0 Å². The van der Waals surface area contributed by atoms with Gasteiger partial charge in [0.05, 0.1) is 13.2 Å². The van der Waals surface area contributed by atoms with E-state index in [9.17, 15) is 14.4 Å². The Labute approximate surface area is 137 Å². The van der Waals surface area contributed by atoms with Crippen LogP contribution in [0.3, 0.4) is 0 Å². The monoisotopic (exact) mass is 324 g/mol. The fraction of sp³-hybridized carbons (Fsp3) is 0.824. The number of hydrogen-bond donors (Lipinski definition) is 1. The maximum atomic E-state index is 12.1. The Balaban J connectivity index is 1.67. The Kier molecular flexibility index (Phi) is 6.86. The predicted octanol–water partition coefficient (Wildman–Crippen LogP) is 1.63. The molecule has 2 rings (SSSR count). The van der Waals surface area contributed by atoms with E-state index in [1.54, 1.807) is 0 Å². The highest BCUT2D eigenvalue weighted by Gasteiger charge is 2.32. The Morgan fingerprint density at radius 1 is 1.22 bits per heavy atom. The second-order valence-corrected chi connectivity index (χ2v) is 6.70. The van der Waals surface area contributed by atoms with Crippen molar-refractivity contribution in [3.05, 3.63) is 0 Å². The van der Waals surface area contributed by atoms with E-state index in [0.717, 1.165) is 6.54 Å². The van der Waals surface area contributed by atoms with E-state index < -0.39 is 0 Å². The first-order valence-corrected chi connectivity index (χ1v) is 8.72. The van der Waals surface area contributed by atoms with Crippen LogP contribution in [0.1, 0.15) is 57.8 Å². The standard InChI is InChI=1S/C17H28N2O4/c1-23-17(22)9-5-8-15(20)18-14-10-16(21)19(12-14)11-13-6-3-2-4-7-13/h13-14H,2-12H2,1H3,(H,18,20)/t14-/m0/s1. The van der Waals surface area contributed by atoms with Gasteiger partial charge < -0.3 is 15.0 Å². The van der Waals surface area contributed by atoms with Crippen molar-refractivity contribution in [3.63, 3.8) is 0 Å². The Hall–Kier alpha value is -1.59. The average molecular weight is 324 g/mol. The molecule has 1 atom stereocenters. The van der Waals surface area contributed by atoms with E-state index in [0.29, 0.717) is 31.7 Å². The summed E-state index contributed by atoms with van der Waals surface area (Å²) in [5.74, 6) is 0.386. The Bertz CT molecular complexity index is 432. The van der Waals surface area contributed by atoms with Gasteiger partial charge in [-0.2, -0.15) is 0 Å². The smallest absolute Gasteiger partial charge is 0.305 e. The van der Waals surface area contributed by atoms with Crippen LogP contribution < -0.4 is 5.32 Å². The van der Waals surface area contributed by atoms with Gasteiger partial charge in [0.1, 0.15) is 0 Å². The minimum absolute atomic E-state index is 0.0864. The lowest BCUT2D eigenvalue weighted by Gasteiger charge is -2.27. The van der Waals surface area contributed by atoms with Crippen LogP contribution in [0, 0.1) is 5.92 Å². The van der Waals surface area contributed by atoms with Gasteiger partial charge in [0.15, 0.2) is 0 Å². The van der Waals surface area contributed by atoms with E-state index in [-0.39, 0.29) is 30.2 Å². The number of amides is 2. The number of ether oxygens (including phenoxy) is 1. The number of methoxy groups -OCH3 is 1. The predicted molar refractivity (Wildman–Crippen MR) is 85.6 cm³/mol. The minimum Gasteiger partial charge on any atom is -0.469 e. The zero-order valence-electron chi connectivity index (χ0n) is 14.0. The Morgan fingerprint density at radius 2 is 1.96 bits per heavy atom. The first-order chi connectivity index (χ1) is 11.1. The molecule has 2 aliphatic rings. The van der Waals surface area contributed by atoms with Gasteiger partial charge in [-0.15, -0.1) is 0 Å². The molecule has 6 heteroatoms. The number of nitrogens with zero attached hydrogens (tertiary/aromatic N) is 1. The molecule has 0 aromatic heterocycles. The average Bonchev–Trinajstić information content (AvgIpc) is 2.87. The third-order valence-electron chi connectivity index (χ3n) is 4.80. The molecule has 1 heterocycles. The highest BCUT2D eigenvalue weighted by molar-refractivity contribution is 5.82. The fourth-order valence-corrected chi connectivity index (χ4v) is 3.52. The summed E-state index contributed by atoms with van der Waals surface area (Å²) in [5, 5.41) is 2.91. The number of likely N-dealkylation sites (tertiary alicyclic amines) is 1. The zero-order valence-corrected chi connectivity index (χ0v) is 14.0. The summed E-state index contributed by atoms with van der Waals surface area (Å²) < 4.78 is 4.54. The van der Waals surface area contributed by atoms with Gasteiger partial charge in [-0.25, -0.2) is 0 Å². The molecule has 2 amide bonds. The second kappa shape index (κ2) is 8.89. The molecule has 130 valence electrons. The molecule has 1 saturated carbocycles. The van der Waals surface area contributed by atoms with Gasteiger partial charge in [-0.1, -0.05) is 19.3 Å². The van der Waals surface area contributed by atoms with Crippen LogP contribution in [0.2, 0.25) is 0 Å². The molecule has 0 bridgehead atoms. The van der Waals surface area contributed by atoms with Crippen molar-refractivity contribution < 1.29 is 19.1 Å². The van der Waals surface area contributed by atoms with Crippen molar-refractivity contribution in [3.8, 4) is 0 Å². The molecule has 0 spiro atoms. The third-order valence-corrected chi connectivity index (χ3v) is 4.80. The molecule has 2 fully saturated rings. The molecule has 1 aliphatic heterocycles. The quantitative estimate of drug-likeness (QED) is 0.722. The first kappa shape index (κ1) is 17.8. The van der Waals surface area contributed by atoms with E-state index in [4.69, 9.17) is 0 Å². The number of hydrogen-bond acceptors (Lipinski definition) is 4. The normalized spacial score (nSPS) is 22.2. The second-order valence-electron chi connectivity index (χ2n) is 6.70. The summed E-state index contributed by atoms with van der Waals surface area (Å²) in [6.07, 6.45) is 7.71. The zero-order chi connectivity index (χ0) is 16.7. The minimum atomic E-state index is -0.299. The lowest BCUT2D eigenvalue weighted by molar-refractivity contribution is -0.140. The topological polar surface area (TPSA) is 75.7 Å². The van der Waals surface area contributed by atoms with Crippen molar-refractivity contribution in [1.29, 1.82) is 0 Å². The number of nitrogens with one attached hydrogen (secondary N) is 1. The summed E-state index contributed by atoms with van der Waals surface area (Å²) in [6, 6.07) is -0.0864. The number of carbonyl (C=O) groups excluding carboxylic acids is 3. The summed E-state index contributed by atoms with van der Waals surface area (Å²) in [5.41, 5.74) is 0. The van der Waals surface area contributed by atoms with Gasteiger partial charge in [0.2, 0.25) is 11.8 Å². The first-order valence-electron chi connectivity index (χ1n) is 8.72. The van der Waals surface area contributed by atoms with Crippen LogP contribution in [-0.4, -0.2) is 48.9 Å². The van der Waals surface area contributed by atoms with Gasteiger partial charge in [-0.05, 0) is 25.2 Å². The highest BCUT2D eigenvalue weighted by atomic mass is 16.5. The molecule has 23 heavy (non-hydrogen) atoms. The van der Waals surface area contributed by atoms with Gasteiger partial charge in [0.25, 0.3) is 0 Å². The summed E-state index contributed by atoms with van der Waals surface area (Å²) in [7, 11) is 1.34. The van der Waals surface area contributed by atoms with Crippen molar-refractivity contribution >= 4 is 17.8 Å². The molecular weight excluding hydrogens is 296 g/mol. The summed E-state index contributed by atoms with van der Waals surface area (Å²) in [6.45, 7) is 1.46. The Morgan fingerprint density at radius 3 is 2.65 bits per heavy atom. The SMILES string of the molecule is COC(=O)CCCC(=O)N[C@H]1CC(=O)N(CC2CCCCC2)C1. The van der Waals surface area contributed by atoms with Crippen LogP contribution in [0.5, 0.6) is 0 Å². The van der Waals surface area contributed by atoms with E-state index in [2.05, 4.69) is 10.1 Å². The van der Waals surface area contributed by atoms with Crippen molar-refractivity contribution in [2.24, 2.45) is 5.92 Å². The third kappa shape index (κ3) is 5.84. The van der Waals surface area contributed by atoms with E-state index in [1.165, 1.54) is 39.2 Å². The molecule has 0 radical (unpaired) electrons. The van der Waals surface area contributed by atoms with Gasteiger partial charge in [0, 0.05) is 32.4 Å². The van der Waals surface area contributed by atoms with E-state index >= 15 is 0 Å². The largest absolute Gasteiger partial charge is 0.469 e. The molecule has 0 aromatic rings. The van der Waals surface area contributed by atoms with Crippen LogP contribution in [0.25, 0.3) is 0 Å². The molecule has 1 aliphatic carbocycles. The van der Waals surface area contributed by atoms with Crippen LogP contribution >= 0.6 is 0 Å². The maximum absolute atomic E-state index is 12.1. The summed E-state index contributed by atoms with van der Waals surface area (Å²) in [4.78, 5) is 36.9. The lowest BCUT2D eigenvalue weighted by atomic mass is 9.89. The summed E-state index contributed by atoms with van der Waals surface area (Å²) >= 11 is 0. The molecule has 0 unspecified atom stereocenters. The number of carbonyl (C=O) groups is 3. The van der Waals surface area contributed by atoms with Crippen molar-refractivity contribution in [1.82, 2.24) is 10.2 Å². The number of rotatable bonds is 7. The highest BCUT2D eigenvalue weighted by Crippen LogP contribution is 2.26. The maximum Gasteiger partial charge on any atom is 0.305 e. The van der Waals surface area contributed by atoms with E-state index in [1.807, 2.05) is 4.90 Å². The van der Waals surface area contributed by atoms with Crippen molar-refractivity contribution in [2.75, 3.05) is 20.2 Å². The molecule has 6 nitrogen and oxygen atoms in total. The molecule has 1 N–H and O–H groups in total. The molecule has 1 saturated heterocycles.